The van der Waals surface area contributed by atoms with E-state index in [-0.39, 0.29) is 0 Å². The zero-order valence-electron chi connectivity index (χ0n) is 38.4. The van der Waals surface area contributed by atoms with Crippen LogP contribution in [-0.4, -0.2) is 0 Å². The minimum Gasteiger partial charge on any atom is -0.456 e. The number of hydrogen-bond acceptors (Lipinski definition) is 5. The Balaban J connectivity index is 0.938. The molecule has 0 atom stereocenters. The van der Waals surface area contributed by atoms with E-state index < -0.39 is 0 Å². The molecule has 0 fully saturated rings. The predicted molar refractivity (Wildman–Crippen MR) is 300 cm³/mol. The molecule has 3 aromatic heterocycles. The highest BCUT2D eigenvalue weighted by molar-refractivity contribution is 7.26. The highest BCUT2D eigenvalue weighted by Crippen LogP contribution is 2.48. The molecular weight excluding hydrogens is 885 g/mol. The predicted octanol–water partition coefficient (Wildman–Crippen LogP) is 19.8. The minimum absolute atomic E-state index is 0.841. The minimum atomic E-state index is 0.841. The van der Waals surface area contributed by atoms with Gasteiger partial charge in [-0.1, -0.05) is 164 Å². The summed E-state index contributed by atoms with van der Waals surface area (Å²) in [5.41, 5.74) is 16.5. The Morgan fingerprint density at radius 3 is 1.41 bits per heavy atom. The van der Waals surface area contributed by atoms with Crippen LogP contribution in [0.15, 0.2) is 264 Å². The summed E-state index contributed by atoms with van der Waals surface area (Å²) in [7, 11) is 0. The molecule has 3 heterocycles. The molecule has 0 aliphatic carbocycles. The van der Waals surface area contributed by atoms with Crippen molar-refractivity contribution in [3.63, 3.8) is 0 Å². The molecule has 334 valence electrons. The summed E-state index contributed by atoms with van der Waals surface area (Å²) in [4.78, 5) is 4.78. The van der Waals surface area contributed by atoms with Gasteiger partial charge in [-0.2, -0.15) is 0 Å². The van der Waals surface area contributed by atoms with Gasteiger partial charge in [-0.05, 0) is 107 Å². The summed E-state index contributed by atoms with van der Waals surface area (Å²) < 4.78 is 15.6. The van der Waals surface area contributed by atoms with Crippen LogP contribution < -0.4 is 9.80 Å². The number of anilines is 6. The summed E-state index contributed by atoms with van der Waals surface area (Å²) in [6.45, 7) is 0. The second kappa shape index (κ2) is 16.8. The maximum absolute atomic E-state index is 6.55. The van der Waals surface area contributed by atoms with Crippen molar-refractivity contribution in [1.29, 1.82) is 0 Å². The van der Waals surface area contributed by atoms with E-state index in [1.807, 2.05) is 35.6 Å². The van der Waals surface area contributed by atoms with Gasteiger partial charge in [-0.25, -0.2) is 0 Å². The van der Waals surface area contributed by atoms with E-state index in [4.69, 9.17) is 8.83 Å². The summed E-state index contributed by atoms with van der Waals surface area (Å²) >= 11 is 1.84. The Morgan fingerprint density at radius 2 is 0.718 bits per heavy atom. The number of hydrogen-bond donors (Lipinski definition) is 0. The molecule has 0 unspecified atom stereocenters. The largest absolute Gasteiger partial charge is 0.456 e. The summed E-state index contributed by atoms with van der Waals surface area (Å²) in [5, 5.41) is 6.91. The lowest BCUT2D eigenvalue weighted by atomic mass is 9.98. The van der Waals surface area contributed by atoms with E-state index in [1.54, 1.807) is 0 Å². The molecule has 0 saturated carbocycles. The Labute approximate surface area is 414 Å². The van der Waals surface area contributed by atoms with Crippen molar-refractivity contribution in [3.05, 3.63) is 255 Å². The highest BCUT2D eigenvalue weighted by Gasteiger charge is 2.23. The SMILES string of the molecule is c1ccc(-c2ccc(-c3cccc(N(c4ccc5c(c4)oc4ccccc45)c4ccccc4-c4cccc(N(c5ccc6c(c5)oc5ccccc56)c5cccc6c5sc5ccccc56)c4)c3)cc2)cc1. The average molecular weight is 927 g/mol. The van der Waals surface area contributed by atoms with Crippen LogP contribution in [0, 0.1) is 0 Å². The molecule has 0 N–H and O–H groups in total. The zero-order valence-corrected chi connectivity index (χ0v) is 39.2. The normalized spacial score (nSPS) is 11.7. The first kappa shape index (κ1) is 40.9. The van der Waals surface area contributed by atoms with Gasteiger partial charge in [-0.3, -0.25) is 0 Å². The summed E-state index contributed by atoms with van der Waals surface area (Å²) in [5.74, 6) is 0. The average Bonchev–Trinajstić information content (AvgIpc) is 4.13. The number of fused-ring (bicyclic) bond motifs is 9. The number of furan rings is 2. The van der Waals surface area contributed by atoms with Crippen molar-refractivity contribution >= 4 is 110 Å². The molecule has 0 spiro atoms. The van der Waals surface area contributed by atoms with Gasteiger partial charge in [0.25, 0.3) is 0 Å². The number of rotatable bonds is 9. The second-order valence-corrected chi connectivity index (χ2v) is 19.1. The Bertz CT molecular complexity index is 4320. The quantitative estimate of drug-likeness (QED) is 0.144. The van der Waals surface area contributed by atoms with Gasteiger partial charge in [0.1, 0.15) is 22.3 Å². The second-order valence-electron chi connectivity index (χ2n) is 18.0. The van der Waals surface area contributed by atoms with E-state index >= 15 is 0 Å². The summed E-state index contributed by atoms with van der Waals surface area (Å²) in [6.07, 6.45) is 0. The third-order valence-electron chi connectivity index (χ3n) is 13.9. The van der Waals surface area contributed by atoms with Crippen LogP contribution in [0.3, 0.4) is 0 Å². The van der Waals surface area contributed by atoms with Gasteiger partial charge in [0, 0.05) is 77.5 Å². The molecule has 0 radical (unpaired) electrons. The van der Waals surface area contributed by atoms with Crippen molar-refractivity contribution in [2.75, 3.05) is 9.80 Å². The Hall–Kier alpha value is -9.16. The number of nitrogens with zero attached hydrogens (tertiary/aromatic N) is 2. The van der Waals surface area contributed by atoms with Crippen molar-refractivity contribution in [2.24, 2.45) is 0 Å². The first-order valence-electron chi connectivity index (χ1n) is 24.0. The first-order chi connectivity index (χ1) is 35.2. The molecule has 0 saturated heterocycles. The van der Waals surface area contributed by atoms with Gasteiger partial charge in [0.15, 0.2) is 0 Å². The fraction of sp³-hybridized carbons (Fsp3) is 0. The molecule has 0 aliphatic heterocycles. The fourth-order valence-corrected chi connectivity index (χ4v) is 11.7. The van der Waals surface area contributed by atoms with Crippen molar-refractivity contribution in [2.45, 2.75) is 0 Å². The van der Waals surface area contributed by atoms with E-state index in [9.17, 15) is 0 Å². The molecule has 4 nitrogen and oxygen atoms in total. The molecule has 0 bridgehead atoms. The Kier molecular flexibility index (Phi) is 9.68. The fourth-order valence-electron chi connectivity index (χ4n) is 10.5. The standard InChI is InChI=1S/C66H42N2O2S/c1-2-15-43(16-3-1)44-31-33-45(34-32-44)46-17-12-19-48(39-46)67(50-35-37-55-53-22-5-9-28-61(53)69-63(55)41-50)59-26-8-4-21-52(59)47-18-13-20-49(40-47)68(51-36-38-56-54-23-6-10-29-62(54)70-64(56)42-51)60-27-14-25-58-57-24-7-11-30-65(57)71-66(58)60/h1-42H. The Morgan fingerprint density at radius 1 is 0.268 bits per heavy atom. The van der Waals surface area contributed by atoms with Gasteiger partial charge in [-0.15, -0.1) is 11.3 Å². The maximum Gasteiger partial charge on any atom is 0.137 e. The smallest absolute Gasteiger partial charge is 0.137 e. The molecule has 71 heavy (non-hydrogen) atoms. The third-order valence-corrected chi connectivity index (χ3v) is 15.1. The van der Waals surface area contributed by atoms with E-state index in [0.29, 0.717) is 0 Å². The maximum atomic E-state index is 6.55. The third kappa shape index (κ3) is 7.05. The van der Waals surface area contributed by atoms with Gasteiger partial charge in [0.2, 0.25) is 0 Å². The van der Waals surface area contributed by atoms with Crippen LogP contribution in [0.2, 0.25) is 0 Å². The van der Waals surface area contributed by atoms with Crippen LogP contribution in [0.5, 0.6) is 0 Å². The summed E-state index contributed by atoms with van der Waals surface area (Å²) in [6, 6.07) is 91.2. The van der Waals surface area contributed by atoms with E-state index in [0.717, 1.165) is 100 Å². The topological polar surface area (TPSA) is 32.8 Å². The lowest BCUT2D eigenvalue weighted by Gasteiger charge is -2.29. The first-order valence-corrected chi connectivity index (χ1v) is 24.8. The molecule has 0 amide bonds. The number of thiophene rings is 1. The molecule has 5 heteroatoms. The zero-order chi connectivity index (χ0) is 46.8. The molecule has 11 aromatic carbocycles. The van der Waals surface area contributed by atoms with Crippen molar-refractivity contribution in [3.8, 4) is 33.4 Å². The van der Waals surface area contributed by atoms with Crippen LogP contribution in [0.25, 0.3) is 97.4 Å². The molecule has 14 rings (SSSR count). The van der Waals surface area contributed by atoms with E-state index in [1.165, 1.54) is 31.3 Å². The van der Waals surface area contributed by atoms with Crippen LogP contribution in [0.4, 0.5) is 34.1 Å². The van der Waals surface area contributed by atoms with Gasteiger partial charge in [0.05, 0.1) is 16.1 Å². The van der Waals surface area contributed by atoms with Crippen LogP contribution in [-0.2, 0) is 0 Å². The number of benzene rings is 11. The van der Waals surface area contributed by atoms with E-state index in [2.05, 4.69) is 240 Å². The van der Waals surface area contributed by atoms with Gasteiger partial charge >= 0.3 is 0 Å². The highest BCUT2D eigenvalue weighted by atomic mass is 32.1. The van der Waals surface area contributed by atoms with Gasteiger partial charge < -0.3 is 18.6 Å². The van der Waals surface area contributed by atoms with Crippen molar-refractivity contribution in [1.82, 2.24) is 0 Å². The van der Waals surface area contributed by atoms with Crippen molar-refractivity contribution < 1.29 is 8.83 Å². The van der Waals surface area contributed by atoms with Crippen LogP contribution in [0.1, 0.15) is 0 Å². The number of para-hydroxylation sites is 3. The monoisotopic (exact) mass is 926 g/mol. The van der Waals surface area contributed by atoms with Crippen LogP contribution >= 0.6 is 11.3 Å². The molecule has 0 aliphatic rings. The molecular formula is C66H42N2O2S. The molecule has 14 aromatic rings. The lowest BCUT2D eigenvalue weighted by Crippen LogP contribution is -2.12. The lowest BCUT2D eigenvalue weighted by molar-refractivity contribution is 0.668.